The first-order valence-corrected chi connectivity index (χ1v) is 7.06. The molecule has 2 rings (SSSR count). The van der Waals surface area contributed by atoms with Gasteiger partial charge in [-0.2, -0.15) is 0 Å². The summed E-state index contributed by atoms with van der Waals surface area (Å²) < 4.78 is 4.84. The molecule has 0 aromatic carbocycles. The Bertz CT molecular complexity index is 514. The Morgan fingerprint density at radius 1 is 1.24 bits per heavy atom. The van der Waals surface area contributed by atoms with E-state index in [4.69, 9.17) is 4.74 Å². The Morgan fingerprint density at radius 2 is 1.90 bits per heavy atom. The van der Waals surface area contributed by atoms with Crippen LogP contribution in [0.3, 0.4) is 0 Å². The molecule has 2 heterocycles. The molecular weight excluding hydrogens is 270 g/mol. The lowest BCUT2D eigenvalue weighted by Gasteiger charge is -2.28. The molecule has 21 heavy (non-hydrogen) atoms. The van der Waals surface area contributed by atoms with Crippen LogP contribution in [0.25, 0.3) is 0 Å². The topological polar surface area (TPSA) is 71.5 Å². The highest BCUT2D eigenvalue weighted by molar-refractivity contribution is 5.97. The molecule has 0 atom stereocenters. The average Bonchev–Trinajstić information content (AvgIpc) is 2.47. The number of piperazine rings is 1. The van der Waals surface area contributed by atoms with Gasteiger partial charge in [-0.25, -0.2) is 9.78 Å². The molecule has 1 aromatic heterocycles. The van der Waals surface area contributed by atoms with Gasteiger partial charge in [-0.3, -0.25) is 4.79 Å². The van der Waals surface area contributed by atoms with Crippen molar-refractivity contribution < 1.29 is 14.3 Å². The summed E-state index contributed by atoms with van der Waals surface area (Å²) in [6, 6.07) is 3.42. The second-order valence-corrected chi connectivity index (χ2v) is 6.07. The number of nitrogens with zero attached hydrogens (tertiary/aromatic N) is 2. The molecule has 1 fully saturated rings. The number of hydrogen-bond donors (Lipinski definition) is 1. The van der Waals surface area contributed by atoms with Crippen LogP contribution in [-0.2, 0) is 9.53 Å². The van der Waals surface area contributed by atoms with Crippen molar-refractivity contribution in [1.29, 1.82) is 0 Å². The fourth-order valence-corrected chi connectivity index (χ4v) is 1.88. The molecule has 6 heteroatoms. The van der Waals surface area contributed by atoms with Crippen LogP contribution in [0.5, 0.6) is 0 Å². The highest BCUT2D eigenvalue weighted by atomic mass is 16.6. The van der Waals surface area contributed by atoms with Gasteiger partial charge >= 0.3 is 11.9 Å². The van der Waals surface area contributed by atoms with Gasteiger partial charge in [0.05, 0.1) is 11.0 Å². The quantitative estimate of drug-likeness (QED) is 0.652. The summed E-state index contributed by atoms with van der Waals surface area (Å²) in [5.74, 6) is -0.372. The zero-order valence-corrected chi connectivity index (χ0v) is 12.7. The normalized spacial score (nSPS) is 15.7. The van der Waals surface area contributed by atoms with E-state index < -0.39 is 17.4 Å². The predicted molar refractivity (Wildman–Crippen MR) is 79.2 cm³/mol. The van der Waals surface area contributed by atoms with Crippen LogP contribution in [0.15, 0.2) is 18.3 Å². The fraction of sp³-hybridized carbons (Fsp3) is 0.533. The van der Waals surface area contributed by atoms with Gasteiger partial charge in [-0.05, 0) is 32.9 Å². The van der Waals surface area contributed by atoms with Gasteiger partial charge in [0.1, 0.15) is 5.82 Å². The molecule has 0 radical (unpaired) electrons. The molecule has 0 spiro atoms. The Kier molecular flexibility index (Phi) is 4.57. The number of rotatable bonds is 2. The van der Waals surface area contributed by atoms with Crippen molar-refractivity contribution in [1.82, 2.24) is 10.3 Å². The summed E-state index contributed by atoms with van der Waals surface area (Å²) >= 11 is 0. The number of anilines is 1. The lowest BCUT2D eigenvalue weighted by Crippen LogP contribution is -2.43. The highest BCUT2D eigenvalue weighted by Gasteiger charge is 2.26. The van der Waals surface area contributed by atoms with Gasteiger partial charge in [0, 0.05) is 32.4 Å². The van der Waals surface area contributed by atoms with Crippen molar-refractivity contribution in [2.45, 2.75) is 20.8 Å². The molecule has 0 unspecified atom stereocenters. The third kappa shape index (κ3) is 4.01. The van der Waals surface area contributed by atoms with E-state index >= 15 is 0 Å². The number of aromatic nitrogens is 1. The van der Waals surface area contributed by atoms with Crippen LogP contribution >= 0.6 is 0 Å². The molecule has 1 aromatic rings. The van der Waals surface area contributed by atoms with E-state index in [1.165, 1.54) is 6.20 Å². The second-order valence-electron chi connectivity index (χ2n) is 6.07. The maximum atomic E-state index is 11.9. The molecule has 0 aliphatic carbocycles. The van der Waals surface area contributed by atoms with Gasteiger partial charge in [0.15, 0.2) is 0 Å². The molecule has 114 valence electrons. The zero-order valence-electron chi connectivity index (χ0n) is 12.7. The summed E-state index contributed by atoms with van der Waals surface area (Å²) in [7, 11) is 0. The van der Waals surface area contributed by atoms with Crippen LogP contribution in [0, 0.1) is 5.41 Å². The Labute approximate surface area is 124 Å². The van der Waals surface area contributed by atoms with Crippen molar-refractivity contribution in [2.75, 3.05) is 31.1 Å². The van der Waals surface area contributed by atoms with Crippen LogP contribution in [0.2, 0.25) is 0 Å². The van der Waals surface area contributed by atoms with Gasteiger partial charge < -0.3 is 15.0 Å². The van der Waals surface area contributed by atoms with E-state index in [0.717, 1.165) is 32.0 Å². The summed E-state index contributed by atoms with van der Waals surface area (Å²) in [4.78, 5) is 30.0. The predicted octanol–water partition coefficient (Wildman–Crippen LogP) is 1.22. The van der Waals surface area contributed by atoms with Crippen molar-refractivity contribution in [3.05, 3.63) is 23.9 Å². The van der Waals surface area contributed by atoms with Crippen molar-refractivity contribution in [3.8, 4) is 0 Å². The van der Waals surface area contributed by atoms with Gasteiger partial charge in [0.25, 0.3) is 0 Å². The number of hydrogen-bond acceptors (Lipinski definition) is 6. The standard InChI is InChI=1S/C15H21N3O3/c1-15(2,3)14(20)21-13(19)11-4-5-12(17-10-11)18-8-6-16-7-9-18/h4-5,10,16H,6-9H2,1-3H3. The number of esters is 2. The minimum Gasteiger partial charge on any atom is -0.389 e. The second kappa shape index (κ2) is 6.22. The summed E-state index contributed by atoms with van der Waals surface area (Å²) in [6.07, 6.45) is 1.45. The summed E-state index contributed by atoms with van der Waals surface area (Å²) in [5, 5.41) is 3.27. The largest absolute Gasteiger partial charge is 0.389 e. The number of carbonyl (C=O) groups excluding carboxylic acids is 2. The van der Waals surface area contributed by atoms with E-state index in [2.05, 4.69) is 15.2 Å². The average molecular weight is 291 g/mol. The van der Waals surface area contributed by atoms with E-state index in [9.17, 15) is 9.59 Å². The molecule has 0 saturated carbocycles. The molecule has 1 aliphatic rings. The molecular formula is C15H21N3O3. The number of ether oxygens (including phenoxy) is 1. The first-order valence-electron chi connectivity index (χ1n) is 7.06. The lowest BCUT2D eigenvalue weighted by atomic mass is 9.97. The van der Waals surface area contributed by atoms with E-state index in [1.54, 1.807) is 32.9 Å². The van der Waals surface area contributed by atoms with Crippen LogP contribution in [0.4, 0.5) is 5.82 Å². The molecule has 1 saturated heterocycles. The van der Waals surface area contributed by atoms with Crippen molar-refractivity contribution in [2.24, 2.45) is 5.41 Å². The van der Waals surface area contributed by atoms with Crippen molar-refractivity contribution >= 4 is 17.8 Å². The van der Waals surface area contributed by atoms with E-state index in [-0.39, 0.29) is 5.56 Å². The Hall–Kier alpha value is -1.95. The molecule has 0 bridgehead atoms. The number of pyridine rings is 1. The Balaban J connectivity index is 2.01. The zero-order chi connectivity index (χ0) is 15.5. The minimum absolute atomic E-state index is 0.284. The fourth-order valence-electron chi connectivity index (χ4n) is 1.88. The lowest BCUT2D eigenvalue weighted by molar-refractivity contribution is -0.146. The van der Waals surface area contributed by atoms with Crippen LogP contribution < -0.4 is 10.2 Å². The first kappa shape index (κ1) is 15.4. The number of nitrogens with one attached hydrogen (secondary N) is 1. The molecule has 6 nitrogen and oxygen atoms in total. The van der Waals surface area contributed by atoms with Gasteiger partial charge in [-0.1, -0.05) is 0 Å². The minimum atomic E-state index is -0.705. The van der Waals surface area contributed by atoms with Crippen molar-refractivity contribution in [3.63, 3.8) is 0 Å². The van der Waals surface area contributed by atoms with Crippen LogP contribution in [0.1, 0.15) is 31.1 Å². The highest BCUT2D eigenvalue weighted by Crippen LogP contribution is 2.17. The summed E-state index contributed by atoms with van der Waals surface area (Å²) in [5.41, 5.74) is -0.421. The van der Waals surface area contributed by atoms with Gasteiger partial charge in [0.2, 0.25) is 0 Å². The SMILES string of the molecule is CC(C)(C)C(=O)OC(=O)c1ccc(N2CCNCC2)nc1. The third-order valence-electron chi connectivity index (χ3n) is 3.22. The molecule has 0 amide bonds. The summed E-state index contributed by atoms with van der Waals surface area (Å²) in [6.45, 7) is 8.73. The molecule has 1 aliphatic heterocycles. The van der Waals surface area contributed by atoms with Gasteiger partial charge in [-0.15, -0.1) is 0 Å². The smallest absolute Gasteiger partial charge is 0.347 e. The third-order valence-corrected chi connectivity index (χ3v) is 3.22. The van der Waals surface area contributed by atoms with E-state index in [1.807, 2.05) is 0 Å². The maximum absolute atomic E-state index is 11.9. The Morgan fingerprint density at radius 3 is 2.43 bits per heavy atom. The van der Waals surface area contributed by atoms with Crippen LogP contribution in [-0.4, -0.2) is 43.1 Å². The molecule has 1 N–H and O–H groups in total. The first-order chi connectivity index (χ1) is 9.88. The maximum Gasteiger partial charge on any atom is 0.347 e. The number of carbonyl (C=O) groups is 2. The van der Waals surface area contributed by atoms with E-state index in [0.29, 0.717) is 0 Å². The monoisotopic (exact) mass is 291 g/mol.